The SMILES string of the molecule is O=c1c(-c2ccccc2[N+](=O)[O-])cc(-c2ccccn2)cn1-c1ccccc1. The van der Waals surface area contributed by atoms with E-state index in [0.29, 0.717) is 16.9 Å². The zero-order chi connectivity index (χ0) is 19.5. The molecule has 0 saturated carbocycles. The van der Waals surface area contributed by atoms with Crippen LogP contribution in [0.1, 0.15) is 0 Å². The van der Waals surface area contributed by atoms with Crippen molar-refractivity contribution in [2.45, 2.75) is 0 Å². The first-order chi connectivity index (χ1) is 13.6. The quantitative estimate of drug-likeness (QED) is 0.393. The Morgan fingerprint density at radius 1 is 0.857 bits per heavy atom. The van der Waals surface area contributed by atoms with Crippen LogP contribution in [-0.4, -0.2) is 14.5 Å². The predicted molar refractivity (Wildman–Crippen MR) is 107 cm³/mol. The highest BCUT2D eigenvalue weighted by molar-refractivity contribution is 5.77. The van der Waals surface area contributed by atoms with Crippen LogP contribution in [-0.2, 0) is 0 Å². The predicted octanol–water partition coefficient (Wildman–Crippen LogP) is 4.47. The van der Waals surface area contributed by atoms with Gasteiger partial charge in [-0.3, -0.25) is 24.5 Å². The molecule has 6 heteroatoms. The average Bonchev–Trinajstić information content (AvgIpc) is 2.75. The Kier molecular flexibility index (Phi) is 4.51. The monoisotopic (exact) mass is 369 g/mol. The zero-order valence-electron chi connectivity index (χ0n) is 14.7. The summed E-state index contributed by atoms with van der Waals surface area (Å²) in [5.74, 6) is 0. The van der Waals surface area contributed by atoms with Gasteiger partial charge in [0.1, 0.15) is 0 Å². The first-order valence-corrected chi connectivity index (χ1v) is 8.62. The Bertz CT molecular complexity index is 1200. The molecule has 0 atom stereocenters. The van der Waals surface area contributed by atoms with Crippen LogP contribution in [0.5, 0.6) is 0 Å². The van der Waals surface area contributed by atoms with Gasteiger partial charge in [0.15, 0.2) is 0 Å². The summed E-state index contributed by atoms with van der Waals surface area (Å²) in [7, 11) is 0. The maximum Gasteiger partial charge on any atom is 0.277 e. The first-order valence-electron chi connectivity index (χ1n) is 8.62. The topological polar surface area (TPSA) is 78.0 Å². The van der Waals surface area contributed by atoms with Crippen molar-refractivity contribution in [3.05, 3.63) is 112 Å². The lowest BCUT2D eigenvalue weighted by atomic mass is 10.0. The maximum atomic E-state index is 13.2. The lowest BCUT2D eigenvalue weighted by molar-refractivity contribution is -0.384. The second-order valence-electron chi connectivity index (χ2n) is 6.14. The number of nitro groups is 1. The van der Waals surface area contributed by atoms with Crippen molar-refractivity contribution in [2.24, 2.45) is 0 Å². The highest BCUT2D eigenvalue weighted by Gasteiger charge is 2.19. The standard InChI is InChI=1S/C22H15N3O3/c26-22-19(18-10-4-5-12-21(18)25(27)28)14-16(20-11-6-7-13-23-20)15-24(22)17-8-2-1-3-9-17/h1-15H. The van der Waals surface area contributed by atoms with E-state index < -0.39 is 4.92 Å². The average molecular weight is 369 g/mol. The van der Waals surface area contributed by atoms with E-state index in [1.165, 1.54) is 10.6 Å². The molecule has 2 aromatic carbocycles. The number of rotatable bonds is 4. The van der Waals surface area contributed by atoms with Crippen molar-refractivity contribution >= 4 is 5.69 Å². The van der Waals surface area contributed by atoms with Crippen LogP contribution in [0.4, 0.5) is 5.69 Å². The number of hydrogen-bond acceptors (Lipinski definition) is 4. The second kappa shape index (κ2) is 7.28. The fourth-order valence-electron chi connectivity index (χ4n) is 3.09. The molecule has 0 spiro atoms. The lowest BCUT2D eigenvalue weighted by Crippen LogP contribution is -2.20. The molecule has 4 rings (SSSR count). The molecule has 2 aromatic heterocycles. The molecule has 0 saturated heterocycles. The Morgan fingerprint density at radius 3 is 2.29 bits per heavy atom. The van der Waals surface area contributed by atoms with Crippen molar-refractivity contribution in [2.75, 3.05) is 0 Å². The van der Waals surface area contributed by atoms with E-state index >= 15 is 0 Å². The van der Waals surface area contributed by atoms with E-state index in [0.717, 1.165) is 0 Å². The lowest BCUT2D eigenvalue weighted by Gasteiger charge is -2.12. The Morgan fingerprint density at radius 2 is 1.57 bits per heavy atom. The van der Waals surface area contributed by atoms with Gasteiger partial charge in [-0.1, -0.05) is 36.4 Å². The van der Waals surface area contributed by atoms with Gasteiger partial charge in [0.05, 0.1) is 21.7 Å². The van der Waals surface area contributed by atoms with Crippen LogP contribution < -0.4 is 5.56 Å². The van der Waals surface area contributed by atoms with Gasteiger partial charge in [-0.05, 0) is 36.4 Å². The van der Waals surface area contributed by atoms with Gasteiger partial charge in [0, 0.05) is 29.7 Å². The number of aromatic nitrogens is 2. The highest BCUT2D eigenvalue weighted by Crippen LogP contribution is 2.30. The molecule has 0 amide bonds. The van der Waals surface area contributed by atoms with E-state index in [2.05, 4.69) is 4.98 Å². The summed E-state index contributed by atoms with van der Waals surface area (Å²) in [4.78, 5) is 28.6. The molecule has 0 bridgehead atoms. The number of para-hydroxylation sites is 2. The van der Waals surface area contributed by atoms with Gasteiger partial charge in [0.25, 0.3) is 11.2 Å². The smallest absolute Gasteiger partial charge is 0.277 e. The minimum Gasteiger partial charge on any atom is -0.283 e. The molecule has 28 heavy (non-hydrogen) atoms. The van der Waals surface area contributed by atoms with Crippen molar-refractivity contribution < 1.29 is 4.92 Å². The molecule has 0 aliphatic rings. The van der Waals surface area contributed by atoms with Gasteiger partial charge in [-0.2, -0.15) is 0 Å². The zero-order valence-corrected chi connectivity index (χ0v) is 14.7. The molecule has 2 heterocycles. The highest BCUT2D eigenvalue weighted by atomic mass is 16.6. The van der Waals surface area contributed by atoms with Crippen molar-refractivity contribution in [1.29, 1.82) is 0 Å². The molecule has 0 N–H and O–H groups in total. The molecular weight excluding hydrogens is 354 g/mol. The van der Waals surface area contributed by atoms with E-state index in [4.69, 9.17) is 0 Å². The fraction of sp³-hybridized carbons (Fsp3) is 0. The van der Waals surface area contributed by atoms with E-state index in [1.807, 2.05) is 42.5 Å². The third kappa shape index (κ3) is 3.19. The van der Waals surface area contributed by atoms with Crippen LogP contribution in [0.25, 0.3) is 28.1 Å². The van der Waals surface area contributed by atoms with Crippen LogP contribution in [0, 0.1) is 10.1 Å². The molecule has 4 aromatic rings. The van der Waals surface area contributed by atoms with Gasteiger partial charge >= 0.3 is 0 Å². The van der Waals surface area contributed by atoms with Crippen LogP contribution in [0.15, 0.2) is 96.1 Å². The fourth-order valence-corrected chi connectivity index (χ4v) is 3.09. The summed E-state index contributed by atoms with van der Waals surface area (Å²) < 4.78 is 1.50. The van der Waals surface area contributed by atoms with E-state index in [-0.39, 0.29) is 22.4 Å². The van der Waals surface area contributed by atoms with Crippen LogP contribution >= 0.6 is 0 Å². The number of pyridine rings is 2. The number of nitro benzene ring substituents is 1. The van der Waals surface area contributed by atoms with Gasteiger partial charge in [0.2, 0.25) is 0 Å². The molecular formula is C22H15N3O3. The normalized spacial score (nSPS) is 10.6. The van der Waals surface area contributed by atoms with Gasteiger partial charge in [-0.15, -0.1) is 0 Å². The first kappa shape index (κ1) is 17.4. The van der Waals surface area contributed by atoms with Gasteiger partial charge in [-0.25, -0.2) is 0 Å². The summed E-state index contributed by atoms with van der Waals surface area (Å²) in [6.07, 6.45) is 3.37. The molecule has 136 valence electrons. The largest absolute Gasteiger partial charge is 0.283 e. The molecule has 6 nitrogen and oxygen atoms in total. The third-order valence-corrected chi connectivity index (χ3v) is 4.40. The number of nitrogens with zero attached hydrogens (tertiary/aromatic N) is 3. The van der Waals surface area contributed by atoms with Crippen molar-refractivity contribution in [3.8, 4) is 28.1 Å². The summed E-state index contributed by atoms with van der Waals surface area (Å²) in [5, 5.41) is 11.5. The van der Waals surface area contributed by atoms with E-state index in [9.17, 15) is 14.9 Å². The molecule has 0 radical (unpaired) electrons. The maximum absolute atomic E-state index is 13.2. The third-order valence-electron chi connectivity index (χ3n) is 4.40. The summed E-state index contributed by atoms with van der Waals surface area (Å²) in [6, 6.07) is 22.6. The van der Waals surface area contributed by atoms with E-state index in [1.54, 1.807) is 42.7 Å². The number of benzene rings is 2. The Hall–Kier alpha value is -4.06. The summed E-state index contributed by atoms with van der Waals surface area (Å²) >= 11 is 0. The van der Waals surface area contributed by atoms with Gasteiger partial charge < -0.3 is 0 Å². The molecule has 0 fully saturated rings. The summed E-state index contributed by atoms with van der Waals surface area (Å²) in [5.41, 5.74) is 2.12. The Balaban J connectivity index is 2.04. The van der Waals surface area contributed by atoms with Crippen LogP contribution in [0.2, 0.25) is 0 Å². The summed E-state index contributed by atoms with van der Waals surface area (Å²) in [6.45, 7) is 0. The molecule has 0 aliphatic carbocycles. The molecule has 0 aliphatic heterocycles. The number of hydrogen-bond donors (Lipinski definition) is 0. The minimum absolute atomic E-state index is 0.114. The van der Waals surface area contributed by atoms with Crippen molar-refractivity contribution in [1.82, 2.24) is 9.55 Å². The minimum atomic E-state index is -0.477. The second-order valence-corrected chi connectivity index (χ2v) is 6.14. The molecule has 0 unspecified atom stereocenters. The van der Waals surface area contributed by atoms with Crippen molar-refractivity contribution in [3.63, 3.8) is 0 Å². The van der Waals surface area contributed by atoms with Crippen LogP contribution in [0.3, 0.4) is 0 Å². The Labute approximate surface area is 160 Å².